The Morgan fingerprint density at radius 1 is 1.40 bits per heavy atom. The predicted octanol–water partition coefficient (Wildman–Crippen LogP) is 1.94. The Bertz CT molecular complexity index is 624. The Balaban J connectivity index is 2.34. The fourth-order valence-electron chi connectivity index (χ4n) is 2.04. The Morgan fingerprint density at radius 2 is 2.10 bits per heavy atom. The van der Waals surface area contributed by atoms with Crippen LogP contribution in [0.1, 0.15) is 18.8 Å². The van der Waals surface area contributed by atoms with Gasteiger partial charge < -0.3 is 15.2 Å². The van der Waals surface area contributed by atoms with E-state index in [-0.39, 0.29) is 11.7 Å². The molecule has 1 aromatic heterocycles. The number of aryl methyl sites for hydroxylation is 1. The fourth-order valence-corrected chi connectivity index (χ4v) is 2.04. The van der Waals surface area contributed by atoms with Crippen molar-refractivity contribution >= 4 is 17.1 Å². The Labute approximate surface area is 116 Å². The summed E-state index contributed by atoms with van der Waals surface area (Å²) in [5, 5.41) is 25.0. The first-order chi connectivity index (χ1) is 9.54. The van der Waals surface area contributed by atoms with Crippen LogP contribution in [-0.4, -0.2) is 26.7 Å². The van der Waals surface area contributed by atoms with Gasteiger partial charge in [-0.3, -0.25) is 10.1 Å². The van der Waals surface area contributed by atoms with Gasteiger partial charge in [-0.25, -0.2) is 0 Å². The fraction of sp³-hybridized carbons (Fsp3) is 0.333. The summed E-state index contributed by atoms with van der Waals surface area (Å²) in [6.07, 6.45) is 1.59. The summed E-state index contributed by atoms with van der Waals surface area (Å²) in [7, 11) is 3.48. The van der Waals surface area contributed by atoms with Crippen LogP contribution in [0.5, 0.6) is 0 Å². The third-order valence-electron chi connectivity index (χ3n) is 2.99. The number of nitrogens with zero attached hydrogens (tertiary/aromatic N) is 4. The van der Waals surface area contributed by atoms with E-state index in [1.165, 1.54) is 0 Å². The van der Waals surface area contributed by atoms with Gasteiger partial charge in [-0.2, -0.15) is 0 Å². The van der Waals surface area contributed by atoms with Crippen molar-refractivity contribution in [2.45, 2.75) is 13.0 Å². The molecule has 0 bridgehead atoms. The lowest BCUT2D eigenvalue weighted by Crippen LogP contribution is -2.13. The lowest BCUT2D eigenvalue weighted by Gasteiger charge is -2.15. The summed E-state index contributed by atoms with van der Waals surface area (Å²) < 4.78 is 1.77. The molecule has 8 heteroatoms. The lowest BCUT2D eigenvalue weighted by molar-refractivity contribution is -0.383. The van der Waals surface area contributed by atoms with Gasteiger partial charge >= 0.3 is 5.69 Å². The van der Waals surface area contributed by atoms with E-state index in [0.29, 0.717) is 17.2 Å². The largest absolute Gasteiger partial charge is 0.382 e. The predicted molar refractivity (Wildman–Crippen MR) is 75.7 cm³/mol. The summed E-state index contributed by atoms with van der Waals surface area (Å²) >= 11 is 0. The van der Waals surface area contributed by atoms with Crippen molar-refractivity contribution in [2.75, 3.05) is 17.7 Å². The van der Waals surface area contributed by atoms with Crippen LogP contribution in [0.4, 0.5) is 17.1 Å². The minimum atomic E-state index is -0.405. The normalized spacial score (nSPS) is 11.9. The van der Waals surface area contributed by atoms with Gasteiger partial charge in [0.1, 0.15) is 17.7 Å². The van der Waals surface area contributed by atoms with Crippen molar-refractivity contribution in [3.8, 4) is 0 Å². The number of nitrogens with one attached hydrogen (secondary N) is 2. The van der Waals surface area contributed by atoms with Gasteiger partial charge in [0.25, 0.3) is 0 Å². The zero-order valence-electron chi connectivity index (χ0n) is 11.5. The average Bonchev–Trinajstić information content (AvgIpc) is 2.84. The van der Waals surface area contributed by atoms with Crippen LogP contribution in [0.3, 0.4) is 0 Å². The number of para-hydroxylation sites is 1. The van der Waals surface area contributed by atoms with Gasteiger partial charge in [0, 0.05) is 14.1 Å². The number of aromatic nitrogens is 3. The number of hydrogen-bond acceptors (Lipinski definition) is 6. The molecule has 0 amide bonds. The number of benzene rings is 1. The molecule has 1 unspecified atom stereocenters. The molecule has 1 aromatic carbocycles. The van der Waals surface area contributed by atoms with Crippen molar-refractivity contribution < 1.29 is 4.92 Å². The van der Waals surface area contributed by atoms with E-state index in [1.54, 1.807) is 36.1 Å². The molecule has 1 atom stereocenters. The highest BCUT2D eigenvalue weighted by Crippen LogP contribution is 2.34. The molecule has 0 aliphatic carbocycles. The summed E-state index contributed by atoms with van der Waals surface area (Å²) in [6.45, 7) is 1.87. The van der Waals surface area contributed by atoms with Crippen LogP contribution in [0.2, 0.25) is 0 Å². The van der Waals surface area contributed by atoms with Crippen molar-refractivity contribution in [3.05, 3.63) is 40.5 Å². The van der Waals surface area contributed by atoms with E-state index in [0.717, 1.165) is 0 Å². The topological polar surface area (TPSA) is 97.9 Å². The van der Waals surface area contributed by atoms with E-state index >= 15 is 0 Å². The second-order valence-corrected chi connectivity index (χ2v) is 4.37. The van der Waals surface area contributed by atoms with Crippen molar-refractivity contribution in [2.24, 2.45) is 7.05 Å². The molecule has 2 rings (SSSR count). The van der Waals surface area contributed by atoms with E-state index < -0.39 is 4.92 Å². The smallest absolute Gasteiger partial charge is 0.315 e. The molecule has 1 heterocycles. The van der Waals surface area contributed by atoms with Gasteiger partial charge in [0.15, 0.2) is 5.82 Å². The van der Waals surface area contributed by atoms with E-state index in [9.17, 15) is 10.1 Å². The first-order valence-corrected chi connectivity index (χ1v) is 6.10. The maximum atomic E-state index is 11.2. The molecular formula is C12H16N6O2. The molecule has 20 heavy (non-hydrogen) atoms. The third-order valence-corrected chi connectivity index (χ3v) is 2.99. The lowest BCUT2D eigenvalue weighted by atomic mass is 10.2. The monoisotopic (exact) mass is 276 g/mol. The first-order valence-electron chi connectivity index (χ1n) is 6.10. The first kappa shape index (κ1) is 13.8. The summed E-state index contributed by atoms with van der Waals surface area (Å²) in [5.74, 6) is 0.703. The molecule has 2 N–H and O–H groups in total. The summed E-state index contributed by atoms with van der Waals surface area (Å²) in [4.78, 5) is 10.8. The zero-order chi connectivity index (χ0) is 14.7. The standard InChI is InChI=1S/C12H16N6O2/c1-8(12-16-14-7-17(12)3)15-10-6-4-5-9(13-2)11(10)18(19)20/h4-8,13,15H,1-3H3. The van der Waals surface area contributed by atoms with Crippen LogP contribution in [0.15, 0.2) is 24.5 Å². The molecular weight excluding hydrogens is 260 g/mol. The number of rotatable bonds is 5. The van der Waals surface area contributed by atoms with Crippen LogP contribution in [0, 0.1) is 10.1 Å². The van der Waals surface area contributed by atoms with E-state index in [4.69, 9.17) is 0 Å². The number of nitro benzene ring substituents is 1. The average molecular weight is 276 g/mol. The highest BCUT2D eigenvalue weighted by molar-refractivity contribution is 5.76. The third kappa shape index (κ3) is 2.53. The molecule has 8 nitrogen and oxygen atoms in total. The summed E-state index contributed by atoms with van der Waals surface area (Å²) in [5.41, 5.74) is 0.923. The number of hydrogen-bond donors (Lipinski definition) is 2. The van der Waals surface area contributed by atoms with Crippen molar-refractivity contribution in [1.29, 1.82) is 0 Å². The molecule has 0 aliphatic rings. The van der Waals surface area contributed by atoms with Crippen molar-refractivity contribution in [1.82, 2.24) is 14.8 Å². The molecule has 0 aliphatic heterocycles. The van der Waals surface area contributed by atoms with E-state index in [1.807, 2.05) is 14.0 Å². The summed E-state index contributed by atoms with van der Waals surface area (Å²) in [6, 6.07) is 4.89. The molecule has 0 radical (unpaired) electrons. The second-order valence-electron chi connectivity index (χ2n) is 4.37. The quantitative estimate of drug-likeness (QED) is 0.639. The Morgan fingerprint density at radius 3 is 2.65 bits per heavy atom. The minimum absolute atomic E-state index is 0.0176. The van der Waals surface area contributed by atoms with Crippen LogP contribution in [0.25, 0.3) is 0 Å². The maximum absolute atomic E-state index is 11.2. The van der Waals surface area contributed by atoms with Crippen LogP contribution < -0.4 is 10.6 Å². The van der Waals surface area contributed by atoms with Crippen LogP contribution in [-0.2, 0) is 7.05 Å². The van der Waals surface area contributed by atoms with Gasteiger partial charge in [0.2, 0.25) is 0 Å². The molecule has 2 aromatic rings. The molecule has 0 fully saturated rings. The Kier molecular flexibility index (Phi) is 3.83. The van der Waals surface area contributed by atoms with Gasteiger partial charge in [-0.1, -0.05) is 6.07 Å². The van der Waals surface area contributed by atoms with Gasteiger partial charge in [-0.05, 0) is 19.1 Å². The Hall–Kier alpha value is -2.64. The number of anilines is 2. The van der Waals surface area contributed by atoms with Gasteiger partial charge in [0.05, 0.1) is 11.0 Å². The molecule has 0 saturated heterocycles. The highest BCUT2D eigenvalue weighted by Gasteiger charge is 2.21. The SMILES string of the molecule is CNc1cccc(NC(C)c2nncn2C)c1[N+](=O)[O-]. The zero-order valence-corrected chi connectivity index (χ0v) is 11.5. The maximum Gasteiger partial charge on any atom is 0.315 e. The minimum Gasteiger partial charge on any atom is -0.382 e. The van der Waals surface area contributed by atoms with E-state index in [2.05, 4.69) is 20.8 Å². The molecule has 0 spiro atoms. The van der Waals surface area contributed by atoms with Gasteiger partial charge in [-0.15, -0.1) is 10.2 Å². The van der Waals surface area contributed by atoms with Crippen LogP contribution >= 0.6 is 0 Å². The molecule has 106 valence electrons. The molecule has 0 saturated carbocycles. The number of nitro groups is 1. The van der Waals surface area contributed by atoms with Crippen molar-refractivity contribution in [3.63, 3.8) is 0 Å². The highest BCUT2D eigenvalue weighted by atomic mass is 16.6. The second kappa shape index (κ2) is 5.55.